The van der Waals surface area contributed by atoms with Crippen LogP contribution in [0.5, 0.6) is 0 Å². The highest BCUT2D eigenvalue weighted by atomic mass is 14.8. The Morgan fingerprint density at radius 3 is 1.33 bits per heavy atom. The third kappa shape index (κ3) is 14.6. The van der Waals surface area contributed by atoms with Gasteiger partial charge in [-0.15, -0.1) is 0 Å². The van der Waals surface area contributed by atoms with Gasteiger partial charge in [0, 0.05) is 18.6 Å². The maximum Gasteiger partial charge on any atom is 0.0317 e. The third-order valence-corrected chi connectivity index (χ3v) is 4.46. The van der Waals surface area contributed by atoms with Crippen LogP contribution in [0, 0.1) is 0 Å². The van der Waals surface area contributed by atoms with Crippen molar-refractivity contribution in [2.24, 2.45) is 17.2 Å². The Kier molecular flexibility index (Phi) is 16.2. The van der Waals surface area contributed by atoms with Gasteiger partial charge < -0.3 is 17.2 Å². The van der Waals surface area contributed by atoms with E-state index in [4.69, 9.17) is 17.2 Å². The fraction of sp³-hybridized carbons (Fsp3) is 1.00. The van der Waals surface area contributed by atoms with E-state index in [0.29, 0.717) is 6.54 Å². The van der Waals surface area contributed by atoms with Crippen molar-refractivity contribution >= 4 is 0 Å². The van der Waals surface area contributed by atoms with Gasteiger partial charge in [-0.1, -0.05) is 90.4 Å². The molecule has 0 aromatic heterocycles. The lowest BCUT2D eigenvalue weighted by Crippen LogP contribution is -2.46. The Balaban J connectivity index is 3.09. The van der Waals surface area contributed by atoms with Crippen molar-refractivity contribution in [1.29, 1.82) is 0 Å². The first kappa shape index (κ1) is 20.9. The lowest BCUT2D eigenvalue weighted by atomic mass is 10.0. The summed E-state index contributed by atoms with van der Waals surface area (Å²) in [5.41, 5.74) is 17.3. The van der Waals surface area contributed by atoms with Gasteiger partial charge in [0.05, 0.1) is 0 Å². The molecule has 0 radical (unpaired) electrons. The van der Waals surface area contributed by atoms with Crippen LogP contribution in [0.4, 0.5) is 0 Å². The molecule has 0 amide bonds. The van der Waals surface area contributed by atoms with Gasteiger partial charge in [-0.05, 0) is 6.42 Å². The van der Waals surface area contributed by atoms with Crippen LogP contribution >= 0.6 is 0 Å². The second kappa shape index (κ2) is 16.3. The number of hydrogen-bond acceptors (Lipinski definition) is 3. The Hall–Kier alpha value is -0.120. The van der Waals surface area contributed by atoms with Gasteiger partial charge in [0.1, 0.15) is 0 Å². The molecule has 0 aromatic rings. The fourth-order valence-corrected chi connectivity index (χ4v) is 2.79. The second-order valence-electron chi connectivity index (χ2n) is 6.59. The van der Waals surface area contributed by atoms with Gasteiger partial charge in [0.25, 0.3) is 0 Å². The van der Waals surface area contributed by atoms with Crippen molar-refractivity contribution in [3.63, 3.8) is 0 Å². The molecule has 0 aliphatic rings. The average molecular weight is 300 g/mol. The Bertz CT molecular complexity index is 197. The standard InChI is InChI=1S/C18H41N3/c1-2-3-4-5-6-7-8-9-10-11-12-13-14-15-17(20)18(21)16-19/h17-18H,2-16,19-21H2,1H3/t17-,18+/m0/s1. The highest BCUT2D eigenvalue weighted by Gasteiger charge is 2.10. The molecule has 0 fully saturated rings. The van der Waals surface area contributed by atoms with Crippen LogP contribution in [0.1, 0.15) is 96.8 Å². The summed E-state index contributed by atoms with van der Waals surface area (Å²) in [6.45, 7) is 2.78. The first-order chi connectivity index (χ1) is 10.2. The van der Waals surface area contributed by atoms with Crippen LogP contribution in [0.15, 0.2) is 0 Å². The SMILES string of the molecule is CCCCCCCCCCCCCCC[C@H](N)[C@H](N)CN. The van der Waals surface area contributed by atoms with E-state index in [2.05, 4.69) is 6.92 Å². The van der Waals surface area contributed by atoms with Gasteiger partial charge in [0.2, 0.25) is 0 Å². The predicted molar refractivity (Wildman–Crippen MR) is 95.3 cm³/mol. The summed E-state index contributed by atoms with van der Waals surface area (Å²) in [6, 6.07) is 0.0602. The van der Waals surface area contributed by atoms with E-state index in [1.54, 1.807) is 0 Å². The topological polar surface area (TPSA) is 78.1 Å². The molecule has 0 saturated carbocycles. The zero-order valence-corrected chi connectivity index (χ0v) is 14.5. The first-order valence-corrected chi connectivity index (χ1v) is 9.43. The van der Waals surface area contributed by atoms with Crippen LogP contribution in [0.3, 0.4) is 0 Å². The van der Waals surface area contributed by atoms with Crippen molar-refractivity contribution in [2.75, 3.05) is 6.54 Å². The molecule has 0 saturated heterocycles. The summed E-state index contributed by atoms with van der Waals surface area (Å²) in [5.74, 6) is 0. The summed E-state index contributed by atoms with van der Waals surface area (Å²) >= 11 is 0. The summed E-state index contributed by atoms with van der Waals surface area (Å²) in [4.78, 5) is 0. The van der Waals surface area contributed by atoms with Crippen LogP contribution in [-0.2, 0) is 0 Å². The lowest BCUT2D eigenvalue weighted by molar-refractivity contribution is 0.467. The molecule has 3 nitrogen and oxygen atoms in total. The van der Waals surface area contributed by atoms with E-state index >= 15 is 0 Å². The highest BCUT2D eigenvalue weighted by Crippen LogP contribution is 2.13. The molecule has 0 heterocycles. The van der Waals surface area contributed by atoms with Gasteiger partial charge in [-0.25, -0.2) is 0 Å². The second-order valence-corrected chi connectivity index (χ2v) is 6.59. The average Bonchev–Trinajstić information content (AvgIpc) is 2.50. The summed E-state index contributed by atoms with van der Waals surface area (Å²) in [5, 5.41) is 0. The molecule has 0 aliphatic heterocycles. The zero-order valence-electron chi connectivity index (χ0n) is 14.5. The molecule has 0 spiro atoms. The first-order valence-electron chi connectivity index (χ1n) is 9.43. The van der Waals surface area contributed by atoms with Crippen LogP contribution < -0.4 is 17.2 Å². The molecule has 6 N–H and O–H groups in total. The van der Waals surface area contributed by atoms with Gasteiger partial charge in [-0.2, -0.15) is 0 Å². The quantitative estimate of drug-likeness (QED) is 0.376. The minimum absolute atomic E-state index is 0.0256. The van der Waals surface area contributed by atoms with Crippen molar-refractivity contribution in [3.05, 3.63) is 0 Å². The number of nitrogens with two attached hydrogens (primary N) is 3. The Labute approximate surface area is 133 Å². The van der Waals surface area contributed by atoms with Crippen molar-refractivity contribution in [2.45, 2.75) is 109 Å². The van der Waals surface area contributed by atoms with Crippen LogP contribution in [-0.4, -0.2) is 18.6 Å². The molecule has 0 aliphatic carbocycles. The Morgan fingerprint density at radius 1 is 0.571 bits per heavy atom. The monoisotopic (exact) mass is 299 g/mol. The molecular weight excluding hydrogens is 258 g/mol. The van der Waals surface area contributed by atoms with Gasteiger partial charge in [-0.3, -0.25) is 0 Å². The molecule has 2 atom stereocenters. The minimum Gasteiger partial charge on any atom is -0.329 e. The Morgan fingerprint density at radius 2 is 0.952 bits per heavy atom. The van der Waals surface area contributed by atoms with Gasteiger partial charge in [0.15, 0.2) is 0 Å². The fourth-order valence-electron chi connectivity index (χ4n) is 2.79. The summed E-state index contributed by atoms with van der Waals surface area (Å²) < 4.78 is 0. The van der Waals surface area contributed by atoms with E-state index < -0.39 is 0 Å². The highest BCUT2D eigenvalue weighted by molar-refractivity contribution is 4.76. The summed E-state index contributed by atoms with van der Waals surface area (Å²) in [6.07, 6.45) is 19.0. The van der Waals surface area contributed by atoms with E-state index in [-0.39, 0.29) is 12.1 Å². The zero-order chi connectivity index (χ0) is 15.8. The molecule has 21 heavy (non-hydrogen) atoms. The molecular formula is C18H41N3. The molecule has 3 heteroatoms. The number of hydrogen-bond donors (Lipinski definition) is 3. The number of unbranched alkanes of at least 4 members (excludes halogenated alkanes) is 12. The summed E-state index contributed by atoms with van der Waals surface area (Å²) in [7, 11) is 0. The molecule has 0 bridgehead atoms. The maximum absolute atomic E-state index is 5.96. The van der Waals surface area contributed by atoms with Gasteiger partial charge >= 0.3 is 0 Å². The molecule has 0 aromatic carbocycles. The predicted octanol–water partition coefficient (Wildman–Crippen LogP) is 4.08. The molecule has 0 unspecified atom stereocenters. The van der Waals surface area contributed by atoms with Crippen LogP contribution in [0.2, 0.25) is 0 Å². The van der Waals surface area contributed by atoms with Crippen LogP contribution in [0.25, 0.3) is 0 Å². The third-order valence-electron chi connectivity index (χ3n) is 4.46. The van der Waals surface area contributed by atoms with Crippen molar-refractivity contribution < 1.29 is 0 Å². The molecule has 0 rings (SSSR count). The largest absolute Gasteiger partial charge is 0.329 e. The van der Waals surface area contributed by atoms with Crippen molar-refractivity contribution in [1.82, 2.24) is 0 Å². The van der Waals surface area contributed by atoms with E-state index in [9.17, 15) is 0 Å². The van der Waals surface area contributed by atoms with Crippen molar-refractivity contribution in [3.8, 4) is 0 Å². The van der Waals surface area contributed by atoms with E-state index in [1.165, 1.54) is 83.5 Å². The number of rotatable bonds is 16. The minimum atomic E-state index is -0.0256. The molecule has 128 valence electrons. The smallest absolute Gasteiger partial charge is 0.0317 e. The van der Waals surface area contributed by atoms with E-state index in [1.807, 2.05) is 0 Å². The normalized spacial score (nSPS) is 14.3. The maximum atomic E-state index is 5.96. The lowest BCUT2D eigenvalue weighted by Gasteiger charge is -2.17. The van der Waals surface area contributed by atoms with E-state index in [0.717, 1.165) is 6.42 Å².